The average molecular weight is 403 g/mol. The average Bonchev–Trinajstić information content (AvgIpc) is 3.22. The van der Waals surface area contributed by atoms with Gasteiger partial charge in [-0.15, -0.1) is 0 Å². The summed E-state index contributed by atoms with van der Waals surface area (Å²) in [7, 11) is 0. The minimum Gasteiger partial charge on any atom is -0.493 e. The fourth-order valence-electron chi connectivity index (χ4n) is 4.17. The van der Waals surface area contributed by atoms with Crippen LogP contribution in [0, 0.1) is 5.92 Å². The van der Waals surface area contributed by atoms with Crippen LogP contribution in [0.25, 0.3) is 0 Å². The van der Waals surface area contributed by atoms with Crippen molar-refractivity contribution in [2.75, 3.05) is 13.2 Å². The lowest BCUT2D eigenvalue weighted by molar-refractivity contribution is 0.0910. The fraction of sp³-hybridized carbons (Fsp3) is 0.333. The summed E-state index contributed by atoms with van der Waals surface area (Å²) in [5.41, 5.74) is 1.60. The van der Waals surface area contributed by atoms with Crippen LogP contribution in [0.2, 0.25) is 0 Å². The van der Waals surface area contributed by atoms with Crippen LogP contribution in [0.3, 0.4) is 0 Å². The molecule has 2 aromatic carbocycles. The first-order chi connectivity index (χ1) is 14.7. The number of benzene rings is 2. The third kappa shape index (κ3) is 4.03. The van der Waals surface area contributed by atoms with Gasteiger partial charge in [0.1, 0.15) is 29.6 Å². The molecule has 0 bridgehead atoms. The van der Waals surface area contributed by atoms with Crippen LogP contribution < -0.4 is 14.8 Å². The number of hydrogen-bond acceptors (Lipinski definition) is 4. The van der Waals surface area contributed by atoms with Crippen molar-refractivity contribution in [3.05, 3.63) is 77.9 Å². The van der Waals surface area contributed by atoms with Crippen LogP contribution in [0.1, 0.15) is 28.3 Å². The molecule has 2 aliphatic rings. The number of imidazole rings is 1. The first kappa shape index (κ1) is 18.7. The van der Waals surface area contributed by atoms with Gasteiger partial charge in [-0.05, 0) is 36.6 Å². The Kier molecular flexibility index (Phi) is 5.13. The van der Waals surface area contributed by atoms with Crippen molar-refractivity contribution >= 4 is 5.91 Å². The van der Waals surface area contributed by atoms with Gasteiger partial charge in [-0.25, -0.2) is 4.98 Å². The number of carbonyl (C=O) groups excluding carboxylic acids is 1. The predicted molar refractivity (Wildman–Crippen MR) is 113 cm³/mol. The third-order valence-electron chi connectivity index (χ3n) is 5.77. The molecule has 6 nitrogen and oxygen atoms in total. The van der Waals surface area contributed by atoms with E-state index < -0.39 is 0 Å². The van der Waals surface area contributed by atoms with E-state index in [9.17, 15) is 4.79 Å². The summed E-state index contributed by atoms with van der Waals surface area (Å²) >= 11 is 0. The first-order valence-electron chi connectivity index (χ1n) is 10.5. The highest BCUT2D eigenvalue weighted by Gasteiger charge is 2.25. The zero-order valence-corrected chi connectivity index (χ0v) is 16.8. The highest BCUT2D eigenvalue weighted by molar-refractivity contribution is 5.92. The molecule has 2 atom stereocenters. The number of para-hydroxylation sites is 2. The van der Waals surface area contributed by atoms with E-state index >= 15 is 0 Å². The van der Waals surface area contributed by atoms with Gasteiger partial charge in [-0.1, -0.05) is 36.4 Å². The second-order valence-corrected chi connectivity index (χ2v) is 8.02. The number of carbonyl (C=O) groups is 1. The molecular formula is C24H25N3O3. The Morgan fingerprint density at radius 2 is 2.00 bits per heavy atom. The van der Waals surface area contributed by atoms with Crippen LogP contribution in [0.4, 0.5) is 0 Å². The van der Waals surface area contributed by atoms with Gasteiger partial charge in [-0.2, -0.15) is 0 Å². The van der Waals surface area contributed by atoms with Crippen molar-refractivity contribution in [3.8, 4) is 11.5 Å². The molecule has 0 spiro atoms. The maximum atomic E-state index is 12.8. The minimum atomic E-state index is -0.137. The van der Waals surface area contributed by atoms with Crippen molar-refractivity contribution < 1.29 is 14.3 Å². The molecule has 1 N–H and O–H groups in total. The largest absolute Gasteiger partial charge is 0.493 e. The molecule has 0 aliphatic carbocycles. The van der Waals surface area contributed by atoms with Crippen molar-refractivity contribution in [1.29, 1.82) is 0 Å². The van der Waals surface area contributed by atoms with Gasteiger partial charge >= 0.3 is 0 Å². The second kappa shape index (κ2) is 8.22. The molecule has 3 heterocycles. The quantitative estimate of drug-likeness (QED) is 0.710. The van der Waals surface area contributed by atoms with E-state index in [1.807, 2.05) is 60.8 Å². The highest BCUT2D eigenvalue weighted by Crippen LogP contribution is 2.25. The Balaban J connectivity index is 1.18. The normalized spacial score (nSPS) is 19.9. The van der Waals surface area contributed by atoms with E-state index in [1.54, 1.807) is 0 Å². The van der Waals surface area contributed by atoms with Gasteiger partial charge in [0.05, 0.1) is 12.6 Å². The first-order valence-corrected chi connectivity index (χ1v) is 10.5. The molecular weight excluding hydrogens is 378 g/mol. The van der Waals surface area contributed by atoms with Crippen molar-refractivity contribution in [2.24, 2.45) is 5.92 Å². The molecule has 1 unspecified atom stereocenters. The van der Waals surface area contributed by atoms with Crippen molar-refractivity contribution in [1.82, 2.24) is 14.9 Å². The number of ether oxygens (including phenoxy) is 2. The van der Waals surface area contributed by atoms with Crippen LogP contribution in [-0.2, 0) is 19.4 Å². The maximum absolute atomic E-state index is 12.8. The number of aryl methyl sites for hydroxylation is 1. The van der Waals surface area contributed by atoms with Crippen LogP contribution >= 0.6 is 0 Å². The lowest BCUT2D eigenvalue weighted by Gasteiger charge is -2.25. The number of amides is 1. The molecule has 154 valence electrons. The summed E-state index contributed by atoms with van der Waals surface area (Å²) < 4.78 is 13.8. The van der Waals surface area contributed by atoms with Crippen LogP contribution in [-0.4, -0.2) is 34.7 Å². The monoisotopic (exact) mass is 403 g/mol. The maximum Gasteiger partial charge on any atom is 0.271 e. The second-order valence-electron chi connectivity index (χ2n) is 8.02. The molecule has 0 saturated heterocycles. The van der Waals surface area contributed by atoms with Gasteiger partial charge < -0.3 is 19.4 Å². The number of fused-ring (bicyclic) bond motifs is 2. The molecule has 1 amide bonds. The summed E-state index contributed by atoms with van der Waals surface area (Å²) in [5, 5.41) is 3.08. The van der Waals surface area contributed by atoms with E-state index in [-0.39, 0.29) is 11.9 Å². The zero-order chi connectivity index (χ0) is 20.3. The number of nitrogens with one attached hydrogen (secondary N) is 1. The van der Waals surface area contributed by atoms with Gasteiger partial charge in [-0.3, -0.25) is 4.79 Å². The van der Waals surface area contributed by atoms with Gasteiger partial charge in [0.25, 0.3) is 5.91 Å². The standard InChI is InChI=1S/C24H25N3O3/c28-24(25-19-12-18-6-4-5-9-22(18)30-16-19)21-14-27-13-17(10-11-23(27)26-21)15-29-20-7-2-1-3-8-20/h1-9,14,17,19H,10-13,15-16H2,(H,25,28)/t17?,19-/m1/s1. The van der Waals surface area contributed by atoms with Crippen LogP contribution in [0.5, 0.6) is 11.5 Å². The number of nitrogens with zero attached hydrogens (tertiary/aromatic N) is 2. The topological polar surface area (TPSA) is 65.4 Å². The smallest absolute Gasteiger partial charge is 0.271 e. The molecule has 0 saturated carbocycles. The molecule has 0 radical (unpaired) electrons. The summed E-state index contributed by atoms with van der Waals surface area (Å²) in [4.78, 5) is 17.4. The summed E-state index contributed by atoms with van der Waals surface area (Å²) in [6, 6.07) is 17.8. The molecule has 1 aromatic heterocycles. The molecule has 30 heavy (non-hydrogen) atoms. The van der Waals surface area contributed by atoms with Gasteiger partial charge in [0, 0.05) is 25.1 Å². The fourth-order valence-corrected chi connectivity index (χ4v) is 4.17. The SMILES string of the molecule is O=C(N[C@H]1COc2ccccc2C1)c1cn2c(n1)CCC(COc1ccccc1)C2. The lowest BCUT2D eigenvalue weighted by Crippen LogP contribution is -2.42. The Hall–Kier alpha value is -3.28. The van der Waals surface area contributed by atoms with Gasteiger partial charge in [0.2, 0.25) is 0 Å². The number of hydrogen-bond donors (Lipinski definition) is 1. The molecule has 2 aliphatic heterocycles. The Morgan fingerprint density at radius 1 is 1.17 bits per heavy atom. The molecule has 5 rings (SSSR count). The van der Waals surface area contributed by atoms with E-state index in [4.69, 9.17) is 9.47 Å². The Bertz CT molecular complexity index is 1030. The molecule has 0 fully saturated rings. The predicted octanol–water partition coefficient (Wildman–Crippen LogP) is 3.26. The summed E-state index contributed by atoms with van der Waals surface area (Å²) in [6.07, 6.45) is 4.51. The van der Waals surface area contributed by atoms with E-state index in [2.05, 4.69) is 14.9 Å². The van der Waals surface area contributed by atoms with E-state index in [1.165, 1.54) is 0 Å². The number of rotatable bonds is 5. The van der Waals surface area contributed by atoms with Crippen LogP contribution in [0.15, 0.2) is 60.8 Å². The zero-order valence-electron chi connectivity index (χ0n) is 16.8. The summed E-state index contributed by atoms with van der Waals surface area (Å²) in [6.45, 7) is 1.97. The number of aromatic nitrogens is 2. The highest BCUT2D eigenvalue weighted by atomic mass is 16.5. The van der Waals surface area contributed by atoms with Crippen molar-refractivity contribution in [3.63, 3.8) is 0 Å². The Morgan fingerprint density at radius 3 is 2.90 bits per heavy atom. The summed E-state index contributed by atoms with van der Waals surface area (Å²) in [5.74, 6) is 3.05. The lowest BCUT2D eigenvalue weighted by atomic mass is 10.0. The van der Waals surface area contributed by atoms with E-state index in [0.717, 1.165) is 48.7 Å². The minimum absolute atomic E-state index is 0.0434. The van der Waals surface area contributed by atoms with Gasteiger partial charge in [0.15, 0.2) is 0 Å². The molecule has 3 aromatic rings. The van der Waals surface area contributed by atoms with Crippen molar-refractivity contribution in [2.45, 2.75) is 31.8 Å². The third-order valence-corrected chi connectivity index (χ3v) is 5.77. The van der Waals surface area contributed by atoms with E-state index in [0.29, 0.717) is 24.8 Å². The Labute approximate surface area is 175 Å². The molecule has 6 heteroatoms.